The summed E-state index contributed by atoms with van der Waals surface area (Å²) in [7, 11) is 0. The van der Waals surface area contributed by atoms with Crippen molar-refractivity contribution in [3.05, 3.63) is 74.8 Å². The van der Waals surface area contributed by atoms with E-state index in [4.69, 9.17) is 11.6 Å². The van der Waals surface area contributed by atoms with Gasteiger partial charge in [0, 0.05) is 27.8 Å². The Bertz CT molecular complexity index is 1310. The Labute approximate surface area is 184 Å². The highest BCUT2D eigenvalue weighted by Crippen LogP contribution is 2.34. The molecule has 158 valence electrons. The van der Waals surface area contributed by atoms with Gasteiger partial charge in [0.15, 0.2) is 0 Å². The molecule has 0 atom stereocenters. The molecule has 0 saturated heterocycles. The van der Waals surface area contributed by atoms with Crippen LogP contribution in [0.5, 0.6) is 0 Å². The smallest absolute Gasteiger partial charge is 0.272 e. The maximum atomic E-state index is 12.8. The second-order valence-electron chi connectivity index (χ2n) is 8.34. The first-order chi connectivity index (χ1) is 15.0. The van der Waals surface area contributed by atoms with Crippen LogP contribution in [0.2, 0.25) is 5.02 Å². The monoisotopic (exact) mass is 434 g/mol. The zero-order valence-electron chi connectivity index (χ0n) is 17.2. The van der Waals surface area contributed by atoms with Gasteiger partial charge in [0.2, 0.25) is 0 Å². The average Bonchev–Trinajstić information content (AvgIpc) is 3.25. The predicted octanol–water partition coefficient (Wildman–Crippen LogP) is 4.82. The van der Waals surface area contributed by atoms with E-state index in [-0.39, 0.29) is 23.4 Å². The minimum Gasteiger partial charge on any atom is -0.350 e. The normalized spacial score (nSPS) is 19.0. The summed E-state index contributed by atoms with van der Waals surface area (Å²) >= 11 is 6.28. The summed E-state index contributed by atoms with van der Waals surface area (Å²) in [6.45, 7) is 1.99. The number of hydrogen-bond donors (Lipinski definition) is 3. The van der Waals surface area contributed by atoms with Crippen molar-refractivity contribution < 1.29 is 4.79 Å². The van der Waals surface area contributed by atoms with E-state index in [1.165, 1.54) is 0 Å². The van der Waals surface area contributed by atoms with E-state index in [2.05, 4.69) is 20.5 Å². The molecular formula is C24H23ClN4O2. The molecule has 1 fully saturated rings. The van der Waals surface area contributed by atoms with E-state index in [1.807, 2.05) is 49.4 Å². The molecule has 1 aliphatic rings. The molecule has 3 N–H and O–H groups in total. The van der Waals surface area contributed by atoms with Crippen LogP contribution in [-0.2, 0) is 0 Å². The number of benzene rings is 2. The van der Waals surface area contributed by atoms with E-state index in [0.717, 1.165) is 53.2 Å². The van der Waals surface area contributed by atoms with Crippen LogP contribution in [0, 0.1) is 6.92 Å². The second-order valence-corrected chi connectivity index (χ2v) is 8.75. The lowest BCUT2D eigenvalue weighted by molar-refractivity contribution is 0.0921. The van der Waals surface area contributed by atoms with Crippen LogP contribution in [0.25, 0.3) is 21.7 Å². The van der Waals surface area contributed by atoms with Gasteiger partial charge in [-0.25, -0.2) is 5.10 Å². The number of carbonyl (C=O) groups excluding carboxylic acids is 1. The largest absolute Gasteiger partial charge is 0.350 e. The van der Waals surface area contributed by atoms with E-state index >= 15 is 0 Å². The summed E-state index contributed by atoms with van der Waals surface area (Å²) in [4.78, 5) is 28.1. The first-order valence-corrected chi connectivity index (χ1v) is 10.9. The lowest BCUT2D eigenvalue weighted by atomic mass is 9.82. The molecule has 0 bridgehead atoms. The van der Waals surface area contributed by atoms with Gasteiger partial charge in [-0.15, -0.1) is 0 Å². The molecule has 7 heteroatoms. The molecule has 1 saturated carbocycles. The Kier molecular flexibility index (Phi) is 5.02. The lowest BCUT2D eigenvalue weighted by Crippen LogP contribution is -2.37. The molecule has 0 spiro atoms. The zero-order chi connectivity index (χ0) is 21.5. The van der Waals surface area contributed by atoms with Gasteiger partial charge in [0.05, 0.1) is 16.6 Å². The fourth-order valence-corrected chi connectivity index (χ4v) is 4.88. The van der Waals surface area contributed by atoms with Crippen molar-refractivity contribution >= 4 is 39.2 Å². The maximum absolute atomic E-state index is 12.8. The van der Waals surface area contributed by atoms with Gasteiger partial charge in [-0.1, -0.05) is 35.9 Å². The number of H-pyrrole nitrogens is 2. The van der Waals surface area contributed by atoms with Gasteiger partial charge >= 0.3 is 0 Å². The Balaban J connectivity index is 1.29. The quantitative estimate of drug-likeness (QED) is 0.431. The number of hydrogen-bond acceptors (Lipinski definition) is 3. The maximum Gasteiger partial charge on any atom is 0.272 e. The molecule has 2 aromatic carbocycles. The number of carbonyl (C=O) groups is 1. The van der Waals surface area contributed by atoms with Crippen molar-refractivity contribution in [3.8, 4) is 0 Å². The molecule has 2 heterocycles. The summed E-state index contributed by atoms with van der Waals surface area (Å²) in [6, 6.07) is 13.3. The van der Waals surface area contributed by atoms with Crippen LogP contribution >= 0.6 is 11.6 Å². The third-order valence-electron chi connectivity index (χ3n) is 6.37. The predicted molar refractivity (Wildman–Crippen MR) is 123 cm³/mol. The molecule has 31 heavy (non-hydrogen) atoms. The summed E-state index contributed by atoms with van der Waals surface area (Å²) < 4.78 is 0. The molecule has 5 rings (SSSR count). The number of fused-ring (bicyclic) bond motifs is 2. The molecule has 4 aromatic rings. The first kappa shape index (κ1) is 19.8. The number of nitrogens with zero attached hydrogens (tertiary/aromatic N) is 1. The Morgan fingerprint density at radius 3 is 2.55 bits per heavy atom. The molecule has 2 aromatic heterocycles. The Morgan fingerprint density at radius 1 is 1.06 bits per heavy atom. The molecule has 0 aliphatic heterocycles. The second kappa shape index (κ2) is 7.85. The molecule has 1 amide bonds. The number of amides is 1. The van der Waals surface area contributed by atoms with Crippen molar-refractivity contribution in [1.29, 1.82) is 0 Å². The molecule has 6 nitrogen and oxygen atoms in total. The van der Waals surface area contributed by atoms with Crippen molar-refractivity contribution in [1.82, 2.24) is 20.5 Å². The fourth-order valence-electron chi connectivity index (χ4n) is 4.67. The third-order valence-corrected chi connectivity index (χ3v) is 6.70. The van der Waals surface area contributed by atoms with E-state index < -0.39 is 0 Å². The van der Waals surface area contributed by atoms with Crippen molar-refractivity contribution in [2.75, 3.05) is 0 Å². The highest BCUT2D eigenvalue weighted by atomic mass is 35.5. The number of nitrogens with one attached hydrogen (secondary N) is 3. The highest BCUT2D eigenvalue weighted by molar-refractivity contribution is 6.35. The molecular weight excluding hydrogens is 412 g/mol. The minimum atomic E-state index is -0.158. The topological polar surface area (TPSA) is 90.6 Å². The van der Waals surface area contributed by atoms with Gasteiger partial charge in [0.1, 0.15) is 5.69 Å². The van der Waals surface area contributed by atoms with Crippen LogP contribution in [0.1, 0.15) is 53.3 Å². The van der Waals surface area contributed by atoms with Crippen LogP contribution in [0.3, 0.4) is 0 Å². The average molecular weight is 435 g/mol. The van der Waals surface area contributed by atoms with Crippen LogP contribution < -0.4 is 10.9 Å². The first-order valence-electron chi connectivity index (χ1n) is 10.6. The summed E-state index contributed by atoms with van der Waals surface area (Å²) in [6.07, 6.45) is 3.55. The number of aromatic amines is 2. The third kappa shape index (κ3) is 3.61. The van der Waals surface area contributed by atoms with Gasteiger partial charge in [-0.2, -0.15) is 5.10 Å². The summed E-state index contributed by atoms with van der Waals surface area (Å²) in [5, 5.41) is 13.3. The van der Waals surface area contributed by atoms with Crippen LogP contribution in [0.15, 0.2) is 47.3 Å². The Hall–Kier alpha value is -3.12. The standard InChI is InChI=1S/C24H23ClN4O2/c1-13-6-11-19(25)18-12-20(27-21(13)18)24(31)26-15-9-7-14(8-10-15)22-16-4-2-3-5-17(16)23(30)29-28-22/h2-6,11-12,14-15,27H,7-10H2,1H3,(H,26,31)(H,29,30)/t14-,15-. The number of rotatable bonds is 3. The van der Waals surface area contributed by atoms with Crippen molar-refractivity contribution in [3.63, 3.8) is 0 Å². The number of aryl methyl sites for hydroxylation is 1. The summed E-state index contributed by atoms with van der Waals surface area (Å²) in [5.74, 6) is 0.159. The lowest BCUT2D eigenvalue weighted by Gasteiger charge is -2.29. The van der Waals surface area contributed by atoms with Crippen LogP contribution in [0.4, 0.5) is 0 Å². The number of aromatic nitrogens is 3. The molecule has 0 unspecified atom stereocenters. The highest BCUT2D eigenvalue weighted by Gasteiger charge is 2.26. The minimum absolute atomic E-state index is 0.109. The van der Waals surface area contributed by atoms with E-state index in [0.29, 0.717) is 16.1 Å². The molecule has 1 aliphatic carbocycles. The van der Waals surface area contributed by atoms with Crippen LogP contribution in [-0.4, -0.2) is 27.1 Å². The zero-order valence-corrected chi connectivity index (χ0v) is 17.9. The Morgan fingerprint density at radius 2 is 1.81 bits per heavy atom. The fraction of sp³-hybridized carbons (Fsp3) is 0.292. The van der Waals surface area contributed by atoms with Crippen molar-refractivity contribution in [2.24, 2.45) is 0 Å². The number of halogens is 1. The van der Waals surface area contributed by atoms with Gasteiger partial charge in [0.25, 0.3) is 11.5 Å². The van der Waals surface area contributed by atoms with E-state index in [9.17, 15) is 9.59 Å². The van der Waals surface area contributed by atoms with Gasteiger partial charge in [-0.3, -0.25) is 9.59 Å². The van der Waals surface area contributed by atoms with Gasteiger partial charge in [-0.05, 0) is 56.4 Å². The van der Waals surface area contributed by atoms with Crippen molar-refractivity contribution in [2.45, 2.75) is 44.6 Å². The van der Waals surface area contributed by atoms with Gasteiger partial charge < -0.3 is 10.3 Å². The molecule has 0 radical (unpaired) electrons. The summed E-state index contributed by atoms with van der Waals surface area (Å²) in [5.41, 5.74) is 3.27. The SMILES string of the molecule is Cc1ccc(Cl)c2cc(C(=O)N[C@H]3CC[C@H](c4n[nH]c(=O)c5ccccc54)CC3)[nH]c12. The van der Waals surface area contributed by atoms with E-state index in [1.54, 1.807) is 0 Å².